The van der Waals surface area contributed by atoms with Crippen LogP contribution in [0.2, 0.25) is 0 Å². The molecule has 0 radical (unpaired) electrons. The molecule has 1 aliphatic rings. The van der Waals surface area contributed by atoms with E-state index in [9.17, 15) is 0 Å². The zero-order chi connectivity index (χ0) is 9.68. The first-order valence-electron chi connectivity index (χ1n) is 5.72. The van der Waals surface area contributed by atoms with E-state index in [2.05, 4.69) is 18.7 Å². The van der Waals surface area contributed by atoms with E-state index in [1.807, 2.05) is 0 Å². The molecule has 78 valence electrons. The summed E-state index contributed by atoms with van der Waals surface area (Å²) in [5.41, 5.74) is 5.76. The molecule has 0 bridgehead atoms. The van der Waals surface area contributed by atoms with Crippen LogP contribution in [0.1, 0.15) is 39.5 Å². The van der Waals surface area contributed by atoms with Crippen LogP contribution < -0.4 is 5.73 Å². The normalized spacial score (nSPS) is 26.5. The maximum absolute atomic E-state index is 5.76. The molecule has 1 aliphatic heterocycles. The molecule has 1 fully saturated rings. The van der Waals surface area contributed by atoms with Gasteiger partial charge in [0, 0.05) is 12.6 Å². The van der Waals surface area contributed by atoms with Crippen molar-refractivity contribution >= 4 is 0 Å². The highest BCUT2D eigenvalue weighted by atomic mass is 15.2. The van der Waals surface area contributed by atoms with Crippen molar-refractivity contribution < 1.29 is 0 Å². The standard InChI is InChI=1S/C11H24N2/c1-3-5-11(8-12)9-13-7-4-6-10(13)2/h10-11H,3-9,12H2,1-2H3. The minimum Gasteiger partial charge on any atom is -0.330 e. The van der Waals surface area contributed by atoms with Crippen molar-refractivity contribution in [3.8, 4) is 0 Å². The summed E-state index contributed by atoms with van der Waals surface area (Å²) in [5, 5.41) is 0. The van der Waals surface area contributed by atoms with Crippen LogP contribution >= 0.6 is 0 Å². The summed E-state index contributed by atoms with van der Waals surface area (Å²) in [6, 6.07) is 0.797. The Hall–Kier alpha value is -0.0800. The fourth-order valence-electron chi connectivity index (χ4n) is 2.29. The van der Waals surface area contributed by atoms with Crippen LogP contribution in [-0.2, 0) is 0 Å². The van der Waals surface area contributed by atoms with Gasteiger partial charge in [0.25, 0.3) is 0 Å². The van der Waals surface area contributed by atoms with Crippen molar-refractivity contribution in [3.05, 3.63) is 0 Å². The zero-order valence-electron chi connectivity index (χ0n) is 9.13. The minimum absolute atomic E-state index is 0.727. The number of nitrogens with two attached hydrogens (primary N) is 1. The minimum atomic E-state index is 0.727. The predicted molar refractivity (Wildman–Crippen MR) is 57.7 cm³/mol. The molecule has 0 aromatic rings. The summed E-state index contributed by atoms with van der Waals surface area (Å²) in [6.07, 6.45) is 5.32. The van der Waals surface area contributed by atoms with Crippen molar-refractivity contribution in [2.24, 2.45) is 11.7 Å². The van der Waals surface area contributed by atoms with Gasteiger partial charge >= 0.3 is 0 Å². The second kappa shape index (κ2) is 5.61. The van der Waals surface area contributed by atoms with Gasteiger partial charge in [0.05, 0.1) is 0 Å². The van der Waals surface area contributed by atoms with Crippen LogP contribution in [0, 0.1) is 5.92 Å². The lowest BCUT2D eigenvalue weighted by Crippen LogP contribution is -2.35. The highest BCUT2D eigenvalue weighted by Gasteiger charge is 2.22. The first kappa shape index (κ1) is 11.0. The van der Waals surface area contributed by atoms with Gasteiger partial charge in [0.15, 0.2) is 0 Å². The van der Waals surface area contributed by atoms with Gasteiger partial charge in [-0.15, -0.1) is 0 Å². The van der Waals surface area contributed by atoms with Crippen molar-refractivity contribution in [2.75, 3.05) is 19.6 Å². The highest BCUT2D eigenvalue weighted by Crippen LogP contribution is 2.19. The Balaban J connectivity index is 2.27. The first-order chi connectivity index (χ1) is 6.27. The summed E-state index contributed by atoms with van der Waals surface area (Å²) in [5.74, 6) is 0.727. The van der Waals surface area contributed by atoms with Gasteiger partial charge in [-0.05, 0) is 45.2 Å². The molecule has 0 spiro atoms. The fourth-order valence-corrected chi connectivity index (χ4v) is 2.29. The molecule has 1 rings (SSSR count). The Kier molecular flexibility index (Phi) is 4.74. The Bertz CT molecular complexity index is 136. The van der Waals surface area contributed by atoms with Crippen LogP contribution in [0.5, 0.6) is 0 Å². The van der Waals surface area contributed by atoms with E-state index < -0.39 is 0 Å². The van der Waals surface area contributed by atoms with E-state index in [0.29, 0.717) is 0 Å². The molecule has 2 unspecified atom stereocenters. The molecule has 2 N–H and O–H groups in total. The average molecular weight is 184 g/mol. The summed E-state index contributed by atoms with van der Waals surface area (Å²) >= 11 is 0. The Morgan fingerprint density at radius 2 is 2.31 bits per heavy atom. The van der Waals surface area contributed by atoms with Gasteiger partial charge in [-0.2, -0.15) is 0 Å². The van der Waals surface area contributed by atoms with Gasteiger partial charge in [-0.3, -0.25) is 0 Å². The zero-order valence-corrected chi connectivity index (χ0v) is 9.13. The SMILES string of the molecule is CCCC(CN)CN1CCCC1C. The van der Waals surface area contributed by atoms with Crippen LogP contribution in [0.3, 0.4) is 0 Å². The molecule has 2 nitrogen and oxygen atoms in total. The predicted octanol–water partition coefficient (Wildman–Crippen LogP) is 1.85. The summed E-state index contributed by atoms with van der Waals surface area (Å²) < 4.78 is 0. The number of hydrogen-bond donors (Lipinski definition) is 1. The third kappa shape index (κ3) is 3.28. The smallest absolute Gasteiger partial charge is 0.00675 e. The van der Waals surface area contributed by atoms with E-state index in [1.165, 1.54) is 38.8 Å². The Labute approximate surface area is 82.5 Å². The molecule has 0 saturated carbocycles. The van der Waals surface area contributed by atoms with Crippen molar-refractivity contribution in [3.63, 3.8) is 0 Å². The third-order valence-electron chi connectivity index (χ3n) is 3.21. The lowest BCUT2D eigenvalue weighted by molar-refractivity contribution is 0.221. The van der Waals surface area contributed by atoms with Crippen LogP contribution in [0.15, 0.2) is 0 Å². The molecule has 1 saturated heterocycles. The van der Waals surface area contributed by atoms with Crippen LogP contribution in [-0.4, -0.2) is 30.6 Å². The van der Waals surface area contributed by atoms with Crippen LogP contribution in [0.25, 0.3) is 0 Å². The second-order valence-corrected chi connectivity index (χ2v) is 4.38. The largest absolute Gasteiger partial charge is 0.330 e. The lowest BCUT2D eigenvalue weighted by atomic mass is 10.0. The molecule has 2 heteroatoms. The van der Waals surface area contributed by atoms with E-state index in [4.69, 9.17) is 5.73 Å². The van der Waals surface area contributed by atoms with Crippen molar-refractivity contribution in [2.45, 2.75) is 45.6 Å². The van der Waals surface area contributed by atoms with E-state index in [-0.39, 0.29) is 0 Å². The lowest BCUT2D eigenvalue weighted by Gasteiger charge is -2.25. The number of nitrogens with zero attached hydrogens (tertiary/aromatic N) is 1. The molecular formula is C11H24N2. The average Bonchev–Trinajstić information content (AvgIpc) is 2.51. The number of hydrogen-bond acceptors (Lipinski definition) is 2. The molecule has 0 aliphatic carbocycles. The second-order valence-electron chi connectivity index (χ2n) is 4.38. The van der Waals surface area contributed by atoms with Gasteiger partial charge in [0.2, 0.25) is 0 Å². The Morgan fingerprint density at radius 1 is 1.54 bits per heavy atom. The summed E-state index contributed by atoms with van der Waals surface area (Å²) in [7, 11) is 0. The molecule has 0 aromatic carbocycles. The third-order valence-corrected chi connectivity index (χ3v) is 3.21. The van der Waals surface area contributed by atoms with Crippen LogP contribution in [0.4, 0.5) is 0 Å². The molecule has 0 amide bonds. The maximum Gasteiger partial charge on any atom is 0.00675 e. The molecule has 1 heterocycles. The number of rotatable bonds is 5. The summed E-state index contributed by atoms with van der Waals surface area (Å²) in [4.78, 5) is 2.60. The van der Waals surface area contributed by atoms with E-state index >= 15 is 0 Å². The molecular weight excluding hydrogens is 160 g/mol. The van der Waals surface area contributed by atoms with Gasteiger partial charge in [0.1, 0.15) is 0 Å². The van der Waals surface area contributed by atoms with E-state index in [1.54, 1.807) is 0 Å². The van der Waals surface area contributed by atoms with Crippen molar-refractivity contribution in [1.29, 1.82) is 0 Å². The number of likely N-dealkylation sites (tertiary alicyclic amines) is 1. The van der Waals surface area contributed by atoms with Gasteiger partial charge in [-0.1, -0.05) is 13.3 Å². The van der Waals surface area contributed by atoms with E-state index in [0.717, 1.165) is 18.5 Å². The first-order valence-corrected chi connectivity index (χ1v) is 5.72. The van der Waals surface area contributed by atoms with Gasteiger partial charge < -0.3 is 10.6 Å². The molecule has 13 heavy (non-hydrogen) atoms. The monoisotopic (exact) mass is 184 g/mol. The maximum atomic E-state index is 5.76. The molecule has 0 aromatic heterocycles. The highest BCUT2D eigenvalue weighted by molar-refractivity contribution is 4.77. The summed E-state index contributed by atoms with van der Waals surface area (Å²) in [6.45, 7) is 7.96. The molecule has 2 atom stereocenters. The fraction of sp³-hybridized carbons (Fsp3) is 1.00. The van der Waals surface area contributed by atoms with Gasteiger partial charge in [-0.25, -0.2) is 0 Å². The quantitative estimate of drug-likeness (QED) is 0.706. The Morgan fingerprint density at radius 3 is 2.77 bits per heavy atom. The topological polar surface area (TPSA) is 29.3 Å². The van der Waals surface area contributed by atoms with Crippen molar-refractivity contribution in [1.82, 2.24) is 4.90 Å².